The average molecular weight is 471 g/mol. The van der Waals surface area contributed by atoms with Gasteiger partial charge in [-0.3, -0.25) is 9.59 Å². The first-order valence-corrected chi connectivity index (χ1v) is 9.06. The molecule has 0 saturated heterocycles. The van der Waals surface area contributed by atoms with E-state index in [0.717, 1.165) is 9.06 Å². The smallest absolute Gasteiger partial charge is 0.284 e. The molecule has 0 radical (unpaired) electrons. The highest BCUT2D eigenvalue weighted by atomic mass is 35.5. The van der Waals surface area contributed by atoms with Gasteiger partial charge in [-0.15, -0.1) is 16.9 Å². The van der Waals surface area contributed by atoms with Gasteiger partial charge >= 0.3 is 0 Å². The molecule has 2 aromatic rings. The molecule has 0 unspecified atom stereocenters. The van der Waals surface area contributed by atoms with Gasteiger partial charge in [0.1, 0.15) is 0 Å². The minimum absolute atomic E-state index is 0. The standard InChI is InChI=1S/C18H16Cl4N2O2.ClH/c1-18(2,11-16(25)14-8-3-4-9-15(14)20)24(22)23(21)17(26)12-6-5-7-13(19)10-12;/h3-10H,11H2,1-2H3;1H. The highest BCUT2D eigenvalue weighted by molar-refractivity contribution is 6.34. The molecule has 27 heavy (non-hydrogen) atoms. The summed E-state index contributed by atoms with van der Waals surface area (Å²) in [6.45, 7) is 3.38. The zero-order valence-corrected chi connectivity index (χ0v) is 18.3. The second-order valence-electron chi connectivity index (χ2n) is 6.23. The van der Waals surface area contributed by atoms with Crippen LogP contribution in [0, 0.1) is 0 Å². The van der Waals surface area contributed by atoms with E-state index in [-0.39, 0.29) is 30.2 Å². The van der Waals surface area contributed by atoms with Crippen molar-refractivity contribution < 1.29 is 9.59 Å². The Morgan fingerprint density at radius 1 is 1.00 bits per heavy atom. The number of rotatable bonds is 6. The maximum absolute atomic E-state index is 12.6. The van der Waals surface area contributed by atoms with Gasteiger partial charge < -0.3 is 0 Å². The second-order valence-corrected chi connectivity index (χ2v) is 7.71. The normalized spacial score (nSPS) is 11.1. The third-order valence-corrected chi connectivity index (χ3v) is 5.22. The molecule has 2 rings (SSSR count). The van der Waals surface area contributed by atoms with Crippen LogP contribution in [0.15, 0.2) is 48.5 Å². The molecule has 0 spiro atoms. The molecule has 9 heteroatoms. The maximum Gasteiger partial charge on any atom is 0.284 e. The number of carbonyl (C=O) groups excluding carboxylic acids is 2. The highest BCUT2D eigenvalue weighted by Crippen LogP contribution is 2.29. The number of halogens is 5. The van der Waals surface area contributed by atoms with E-state index in [1.54, 1.807) is 56.3 Å². The molecule has 2 aromatic carbocycles. The molecular weight excluding hydrogens is 453 g/mol. The molecule has 0 aliphatic carbocycles. The van der Waals surface area contributed by atoms with E-state index in [1.807, 2.05) is 0 Å². The van der Waals surface area contributed by atoms with Crippen LogP contribution in [0.4, 0.5) is 0 Å². The summed E-state index contributed by atoms with van der Waals surface area (Å²) in [4.78, 5) is 25.1. The summed E-state index contributed by atoms with van der Waals surface area (Å²) in [6.07, 6.45) is -0.00766. The molecule has 0 fully saturated rings. The summed E-state index contributed by atoms with van der Waals surface area (Å²) in [5, 5.41) is 0.752. The van der Waals surface area contributed by atoms with E-state index in [4.69, 9.17) is 46.8 Å². The predicted octanol–water partition coefficient (Wildman–Crippen LogP) is 6.43. The van der Waals surface area contributed by atoms with Gasteiger partial charge in [0, 0.05) is 46.1 Å². The molecule has 0 N–H and O–H groups in total. The topological polar surface area (TPSA) is 40.6 Å². The van der Waals surface area contributed by atoms with E-state index >= 15 is 0 Å². The Labute approximate surface area is 184 Å². The fourth-order valence-electron chi connectivity index (χ4n) is 2.29. The lowest BCUT2D eigenvalue weighted by Gasteiger charge is -2.35. The van der Waals surface area contributed by atoms with E-state index in [9.17, 15) is 9.59 Å². The van der Waals surface area contributed by atoms with Crippen molar-refractivity contribution in [3.63, 3.8) is 0 Å². The number of carbonyl (C=O) groups is 2. The number of benzene rings is 2. The van der Waals surface area contributed by atoms with Crippen LogP contribution >= 0.6 is 59.2 Å². The molecule has 0 bridgehead atoms. The third-order valence-electron chi connectivity index (χ3n) is 3.66. The molecule has 0 heterocycles. The molecule has 146 valence electrons. The molecule has 0 aromatic heterocycles. The van der Waals surface area contributed by atoms with Crippen molar-refractivity contribution in [2.45, 2.75) is 25.8 Å². The van der Waals surface area contributed by atoms with Gasteiger partial charge in [-0.2, -0.15) is 4.53 Å². The van der Waals surface area contributed by atoms with Crippen molar-refractivity contribution in [3.8, 4) is 0 Å². The SMILES string of the molecule is CC(C)(CC(=O)c1ccccc1Cl)N(Cl)N(Cl)C(=O)c1cccc(Cl)c1.Cl. The van der Waals surface area contributed by atoms with Crippen LogP contribution in [-0.4, -0.2) is 26.3 Å². The summed E-state index contributed by atoms with van der Waals surface area (Å²) < 4.78 is 1.72. The summed E-state index contributed by atoms with van der Waals surface area (Å²) in [5.41, 5.74) is -0.311. The van der Waals surface area contributed by atoms with Crippen molar-refractivity contribution in [2.75, 3.05) is 0 Å². The Balaban J connectivity index is 0.00000364. The molecule has 0 saturated carbocycles. The van der Waals surface area contributed by atoms with Gasteiger partial charge in [0.15, 0.2) is 5.78 Å². The zero-order chi connectivity index (χ0) is 19.5. The summed E-state index contributed by atoms with van der Waals surface area (Å²) in [7, 11) is 0. The van der Waals surface area contributed by atoms with Crippen molar-refractivity contribution >= 4 is 70.9 Å². The summed E-state index contributed by atoms with van der Waals surface area (Å²) >= 11 is 24.3. The summed E-state index contributed by atoms with van der Waals surface area (Å²) in [5.74, 6) is -0.783. The van der Waals surface area contributed by atoms with Crippen molar-refractivity contribution in [1.82, 2.24) is 9.06 Å². The van der Waals surface area contributed by atoms with Crippen LogP contribution in [0.3, 0.4) is 0 Å². The largest absolute Gasteiger partial charge is 0.294 e. The highest BCUT2D eigenvalue weighted by Gasteiger charge is 2.36. The van der Waals surface area contributed by atoms with Gasteiger partial charge in [-0.05, 0) is 44.2 Å². The number of hydrogen-bond donors (Lipinski definition) is 0. The van der Waals surface area contributed by atoms with Crippen molar-refractivity contribution in [2.24, 2.45) is 0 Å². The number of amides is 1. The summed E-state index contributed by atoms with van der Waals surface area (Å²) in [6, 6.07) is 13.0. The lowest BCUT2D eigenvalue weighted by atomic mass is 9.95. The minimum atomic E-state index is -0.964. The first kappa shape index (κ1) is 24.0. The first-order chi connectivity index (χ1) is 12.1. The van der Waals surface area contributed by atoms with E-state index in [0.29, 0.717) is 15.6 Å². The number of hydrogen-bond acceptors (Lipinski definition) is 3. The molecule has 1 amide bonds. The number of Topliss-reactive ketones (excluding diaryl/α,β-unsaturated/α-hetero) is 1. The van der Waals surface area contributed by atoms with E-state index in [1.165, 1.54) is 6.07 Å². The van der Waals surface area contributed by atoms with Crippen molar-refractivity contribution in [1.29, 1.82) is 0 Å². The van der Waals surface area contributed by atoms with Crippen LogP contribution in [-0.2, 0) is 0 Å². The molecular formula is C18H17Cl5N2O2. The number of hydrazine groups is 1. The van der Waals surface area contributed by atoms with Crippen LogP contribution in [0.25, 0.3) is 0 Å². The van der Waals surface area contributed by atoms with E-state index < -0.39 is 11.4 Å². The van der Waals surface area contributed by atoms with Gasteiger partial charge in [-0.1, -0.05) is 41.4 Å². The van der Waals surface area contributed by atoms with Crippen LogP contribution in [0.1, 0.15) is 41.0 Å². The molecule has 0 atom stereocenters. The fraction of sp³-hybridized carbons (Fsp3) is 0.222. The van der Waals surface area contributed by atoms with Crippen LogP contribution in [0.5, 0.6) is 0 Å². The Morgan fingerprint density at radius 3 is 2.22 bits per heavy atom. The van der Waals surface area contributed by atoms with Gasteiger partial charge in [0.25, 0.3) is 5.91 Å². The van der Waals surface area contributed by atoms with Crippen LogP contribution in [0.2, 0.25) is 10.0 Å². The third kappa shape index (κ3) is 5.98. The molecule has 4 nitrogen and oxygen atoms in total. The molecule has 0 aliphatic heterocycles. The van der Waals surface area contributed by atoms with Gasteiger partial charge in [-0.25, -0.2) is 0 Å². The van der Waals surface area contributed by atoms with Crippen LogP contribution < -0.4 is 0 Å². The Kier molecular flexibility index (Phi) is 8.87. The van der Waals surface area contributed by atoms with E-state index in [2.05, 4.69) is 0 Å². The second kappa shape index (κ2) is 9.97. The van der Waals surface area contributed by atoms with Gasteiger partial charge in [0.2, 0.25) is 0 Å². The fourth-order valence-corrected chi connectivity index (χ4v) is 3.15. The molecule has 0 aliphatic rings. The average Bonchev–Trinajstić information content (AvgIpc) is 2.59. The Hall–Kier alpha value is -1.01. The zero-order valence-electron chi connectivity index (χ0n) is 14.5. The maximum atomic E-state index is 12.6. The minimum Gasteiger partial charge on any atom is -0.294 e. The predicted molar refractivity (Wildman–Crippen MR) is 113 cm³/mol. The lowest BCUT2D eigenvalue weighted by Crippen LogP contribution is -2.48. The van der Waals surface area contributed by atoms with Crippen molar-refractivity contribution in [3.05, 3.63) is 69.7 Å². The Morgan fingerprint density at radius 2 is 1.63 bits per heavy atom. The van der Waals surface area contributed by atoms with Gasteiger partial charge in [0.05, 0.1) is 10.6 Å². The quantitative estimate of drug-likeness (QED) is 0.277. The first-order valence-electron chi connectivity index (χ1n) is 7.63. The lowest BCUT2D eigenvalue weighted by molar-refractivity contribution is 0.0374. The Bertz CT molecular complexity index is 829. The number of ketones is 1. The number of nitrogens with zero attached hydrogens (tertiary/aromatic N) is 2. The monoisotopic (exact) mass is 468 g/mol.